The molecule has 1 heterocycles. The summed E-state index contributed by atoms with van der Waals surface area (Å²) in [5.74, 6) is 0. The van der Waals surface area contributed by atoms with Crippen LogP contribution in [0.15, 0.2) is 30.5 Å². The van der Waals surface area contributed by atoms with Crippen molar-refractivity contribution in [2.75, 3.05) is 0 Å². The number of nitrogens with zero attached hydrogens (tertiary/aromatic N) is 1. The van der Waals surface area contributed by atoms with Gasteiger partial charge in [0.2, 0.25) is 0 Å². The van der Waals surface area contributed by atoms with Gasteiger partial charge in [0, 0.05) is 16.6 Å². The van der Waals surface area contributed by atoms with Crippen molar-refractivity contribution >= 4 is 22.5 Å². The van der Waals surface area contributed by atoms with Crippen molar-refractivity contribution in [1.29, 1.82) is 0 Å². The Hall–Kier alpha value is -1.08. The summed E-state index contributed by atoms with van der Waals surface area (Å²) < 4.78 is 0. The van der Waals surface area contributed by atoms with Gasteiger partial charge in [-0.25, -0.2) is 0 Å². The molecule has 0 aliphatic heterocycles. The molecule has 0 spiro atoms. The lowest BCUT2D eigenvalue weighted by Crippen LogP contribution is -1.80. The summed E-state index contributed by atoms with van der Waals surface area (Å²) in [6, 6.07) is 7.83. The first-order valence-corrected chi connectivity index (χ1v) is 5.15. The van der Waals surface area contributed by atoms with Crippen LogP contribution in [0.3, 0.4) is 0 Å². The van der Waals surface area contributed by atoms with Crippen LogP contribution in [0.1, 0.15) is 19.4 Å². The molecule has 0 unspecified atom stereocenters. The second-order valence-electron chi connectivity index (χ2n) is 2.85. The van der Waals surface area contributed by atoms with Gasteiger partial charge in [0.15, 0.2) is 0 Å². The van der Waals surface area contributed by atoms with Gasteiger partial charge in [0.05, 0.1) is 5.52 Å². The molecular formula is C12H14ClN. The fraction of sp³-hybridized carbons (Fsp3) is 0.250. The maximum atomic E-state index is 5.82. The molecule has 0 bridgehead atoms. The van der Waals surface area contributed by atoms with Crippen molar-refractivity contribution in [3.63, 3.8) is 0 Å². The van der Waals surface area contributed by atoms with Crippen LogP contribution in [0.4, 0.5) is 0 Å². The maximum Gasteiger partial charge on any atom is 0.0716 e. The minimum absolute atomic E-state index is 0.735. The first-order valence-electron chi connectivity index (χ1n) is 4.77. The van der Waals surface area contributed by atoms with Gasteiger partial charge in [-0.05, 0) is 30.7 Å². The van der Waals surface area contributed by atoms with E-state index < -0.39 is 0 Å². The first kappa shape index (κ1) is 11.0. The van der Waals surface area contributed by atoms with Gasteiger partial charge >= 0.3 is 0 Å². The Balaban J connectivity index is 0.000000461. The summed E-state index contributed by atoms with van der Waals surface area (Å²) in [4.78, 5) is 4.26. The third-order valence-corrected chi connectivity index (χ3v) is 2.02. The van der Waals surface area contributed by atoms with Crippen LogP contribution in [0.25, 0.3) is 10.9 Å². The zero-order valence-electron chi connectivity index (χ0n) is 8.71. The molecule has 0 atom stereocenters. The average molecular weight is 208 g/mol. The predicted molar refractivity (Wildman–Crippen MR) is 62.8 cm³/mol. The average Bonchev–Trinajstić information content (AvgIpc) is 2.21. The largest absolute Gasteiger partial charge is 0.256 e. The van der Waals surface area contributed by atoms with E-state index in [4.69, 9.17) is 11.6 Å². The lowest BCUT2D eigenvalue weighted by atomic mass is 10.2. The SMILES string of the molecule is CC.Cc1cnc2cc(Cl)ccc2c1. The third-order valence-electron chi connectivity index (χ3n) is 1.78. The molecule has 0 aliphatic rings. The summed E-state index contributed by atoms with van der Waals surface area (Å²) in [6.45, 7) is 6.03. The molecule has 74 valence electrons. The van der Waals surface area contributed by atoms with Crippen LogP contribution in [0.2, 0.25) is 5.02 Å². The van der Waals surface area contributed by atoms with Crippen LogP contribution < -0.4 is 0 Å². The Morgan fingerprint density at radius 1 is 1.14 bits per heavy atom. The van der Waals surface area contributed by atoms with Crippen molar-refractivity contribution in [3.8, 4) is 0 Å². The molecule has 2 aromatic rings. The number of aromatic nitrogens is 1. The van der Waals surface area contributed by atoms with E-state index in [0.717, 1.165) is 15.9 Å². The topological polar surface area (TPSA) is 12.9 Å². The van der Waals surface area contributed by atoms with Gasteiger partial charge in [0.25, 0.3) is 0 Å². The minimum Gasteiger partial charge on any atom is -0.256 e. The highest BCUT2D eigenvalue weighted by molar-refractivity contribution is 6.31. The molecule has 0 amide bonds. The van der Waals surface area contributed by atoms with Crippen LogP contribution in [0.5, 0.6) is 0 Å². The van der Waals surface area contributed by atoms with E-state index in [0.29, 0.717) is 0 Å². The first-order chi connectivity index (χ1) is 6.75. The molecular weight excluding hydrogens is 194 g/mol. The highest BCUT2D eigenvalue weighted by Crippen LogP contribution is 2.17. The van der Waals surface area contributed by atoms with E-state index in [2.05, 4.69) is 11.1 Å². The molecule has 0 N–H and O–H groups in total. The minimum atomic E-state index is 0.735. The summed E-state index contributed by atoms with van der Waals surface area (Å²) in [6.07, 6.45) is 1.85. The van der Waals surface area contributed by atoms with E-state index in [1.54, 1.807) is 0 Å². The number of hydrogen-bond donors (Lipinski definition) is 0. The van der Waals surface area contributed by atoms with Crippen molar-refractivity contribution in [3.05, 3.63) is 41.0 Å². The lowest BCUT2D eigenvalue weighted by molar-refractivity contribution is 1.33. The molecule has 0 fully saturated rings. The molecule has 1 nitrogen and oxygen atoms in total. The van der Waals surface area contributed by atoms with Crippen LogP contribution >= 0.6 is 11.6 Å². The highest BCUT2D eigenvalue weighted by atomic mass is 35.5. The van der Waals surface area contributed by atoms with Crippen LogP contribution in [0, 0.1) is 6.92 Å². The van der Waals surface area contributed by atoms with Crippen LogP contribution in [-0.2, 0) is 0 Å². The van der Waals surface area contributed by atoms with Crippen molar-refractivity contribution in [2.24, 2.45) is 0 Å². The molecule has 1 aromatic carbocycles. The zero-order chi connectivity index (χ0) is 10.6. The Kier molecular flexibility index (Phi) is 3.90. The van der Waals surface area contributed by atoms with E-state index in [9.17, 15) is 0 Å². The lowest BCUT2D eigenvalue weighted by Gasteiger charge is -1.98. The van der Waals surface area contributed by atoms with Gasteiger partial charge in [-0.1, -0.05) is 31.5 Å². The van der Waals surface area contributed by atoms with E-state index in [-0.39, 0.29) is 0 Å². The number of rotatable bonds is 0. The third kappa shape index (κ3) is 2.46. The highest BCUT2D eigenvalue weighted by Gasteiger charge is 1.95. The van der Waals surface area contributed by atoms with Gasteiger partial charge in [-0.3, -0.25) is 4.98 Å². The Labute approximate surface area is 89.7 Å². The van der Waals surface area contributed by atoms with Crippen LogP contribution in [-0.4, -0.2) is 4.98 Å². The normalized spacial score (nSPS) is 9.43. The van der Waals surface area contributed by atoms with Crippen molar-refractivity contribution < 1.29 is 0 Å². The molecule has 1 aromatic heterocycles. The molecule has 0 aliphatic carbocycles. The predicted octanol–water partition coefficient (Wildman–Crippen LogP) is 4.22. The standard InChI is InChI=1S/C10H8ClN.C2H6/c1-7-4-8-2-3-9(11)5-10(8)12-6-7;1-2/h2-6H,1H3;1-2H3. The molecule has 2 rings (SSSR count). The summed E-state index contributed by atoms with van der Waals surface area (Å²) in [7, 11) is 0. The monoisotopic (exact) mass is 207 g/mol. The number of pyridine rings is 1. The molecule has 2 heteroatoms. The molecule has 0 saturated heterocycles. The second-order valence-corrected chi connectivity index (χ2v) is 3.29. The Morgan fingerprint density at radius 2 is 1.86 bits per heavy atom. The summed E-state index contributed by atoms with van der Waals surface area (Å²) >= 11 is 5.82. The van der Waals surface area contributed by atoms with E-state index in [1.807, 2.05) is 45.2 Å². The van der Waals surface area contributed by atoms with Gasteiger partial charge in [0.1, 0.15) is 0 Å². The Morgan fingerprint density at radius 3 is 2.57 bits per heavy atom. The van der Waals surface area contributed by atoms with E-state index >= 15 is 0 Å². The number of fused-ring (bicyclic) bond motifs is 1. The van der Waals surface area contributed by atoms with Gasteiger partial charge in [-0.15, -0.1) is 0 Å². The van der Waals surface area contributed by atoms with Gasteiger partial charge in [-0.2, -0.15) is 0 Å². The van der Waals surface area contributed by atoms with Crippen molar-refractivity contribution in [1.82, 2.24) is 4.98 Å². The smallest absolute Gasteiger partial charge is 0.0716 e. The molecule has 0 radical (unpaired) electrons. The zero-order valence-corrected chi connectivity index (χ0v) is 9.47. The van der Waals surface area contributed by atoms with Gasteiger partial charge < -0.3 is 0 Å². The number of hydrogen-bond acceptors (Lipinski definition) is 1. The fourth-order valence-corrected chi connectivity index (χ4v) is 1.37. The summed E-state index contributed by atoms with van der Waals surface area (Å²) in [5, 5.41) is 1.87. The Bertz CT molecular complexity index is 382. The maximum absolute atomic E-state index is 5.82. The fourth-order valence-electron chi connectivity index (χ4n) is 1.20. The molecule has 14 heavy (non-hydrogen) atoms. The summed E-state index contributed by atoms with van der Waals surface area (Å²) in [5.41, 5.74) is 2.12. The number of benzene rings is 1. The van der Waals surface area contributed by atoms with Crippen molar-refractivity contribution in [2.45, 2.75) is 20.8 Å². The number of aryl methyl sites for hydroxylation is 1. The molecule has 0 saturated carbocycles. The second kappa shape index (κ2) is 4.97. The number of halogens is 1. The quantitative estimate of drug-likeness (QED) is 0.630. The van der Waals surface area contributed by atoms with E-state index in [1.165, 1.54) is 5.56 Å².